The van der Waals surface area contributed by atoms with Gasteiger partial charge >= 0.3 is 13.2 Å². The van der Waals surface area contributed by atoms with E-state index in [2.05, 4.69) is 0 Å². The maximum atomic E-state index is 10.8. The van der Waals surface area contributed by atoms with Crippen LogP contribution in [0.1, 0.15) is 19.4 Å². The molecule has 2 N–H and O–H groups in total. The van der Waals surface area contributed by atoms with Crippen molar-refractivity contribution in [1.29, 1.82) is 0 Å². The number of rotatable bonds is 1. The zero-order valence-corrected chi connectivity index (χ0v) is 9.97. The van der Waals surface area contributed by atoms with Crippen molar-refractivity contribution in [3.8, 4) is 0 Å². The third-order valence-electron chi connectivity index (χ3n) is 3.03. The zero-order valence-electron chi connectivity index (χ0n) is 9.97. The normalized spacial score (nSPS) is 16.8. The van der Waals surface area contributed by atoms with E-state index < -0.39 is 18.8 Å². The number of fused-ring (bicyclic) bond motifs is 1. The lowest BCUT2D eigenvalue weighted by Crippen LogP contribution is -2.30. The molecule has 1 amide bonds. The summed E-state index contributed by atoms with van der Waals surface area (Å²) in [5.41, 5.74) is 1.47. The molecule has 0 spiro atoms. The molecule has 0 radical (unpaired) electrons. The van der Waals surface area contributed by atoms with E-state index in [1.54, 1.807) is 18.2 Å². The summed E-state index contributed by atoms with van der Waals surface area (Å²) < 4.78 is 5.40. The van der Waals surface area contributed by atoms with Crippen molar-refractivity contribution in [3.05, 3.63) is 23.8 Å². The predicted octanol–water partition coefficient (Wildman–Crippen LogP) is 0.754. The molecule has 1 heterocycles. The fraction of sp³-hybridized carbons (Fsp3) is 0.364. The number of amides is 1. The van der Waals surface area contributed by atoms with Gasteiger partial charge in [-0.15, -0.1) is 0 Å². The van der Waals surface area contributed by atoms with Gasteiger partial charge in [0.2, 0.25) is 0 Å². The van der Waals surface area contributed by atoms with E-state index in [-0.39, 0.29) is 0 Å². The fourth-order valence-electron chi connectivity index (χ4n) is 2.03. The molecule has 1 aliphatic rings. The topological polar surface area (TPSA) is 70.0 Å². The van der Waals surface area contributed by atoms with Crippen LogP contribution in [0.3, 0.4) is 0 Å². The Labute approximate surface area is 99.8 Å². The van der Waals surface area contributed by atoms with Crippen LogP contribution in [-0.4, -0.2) is 30.4 Å². The first-order valence-electron chi connectivity index (χ1n) is 5.30. The molecule has 1 aromatic rings. The van der Waals surface area contributed by atoms with Crippen LogP contribution in [0.15, 0.2) is 18.2 Å². The minimum absolute atomic E-state index is 0.511. The van der Waals surface area contributed by atoms with E-state index in [0.29, 0.717) is 11.2 Å². The van der Waals surface area contributed by atoms with Gasteiger partial charge in [0.1, 0.15) is 0 Å². The summed E-state index contributed by atoms with van der Waals surface area (Å²) in [6, 6.07) is 5.14. The number of hydrogen-bond donors (Lipinski definition) is 2. The van der Waals surface area contributed by atoms with E-state index in [9.17, 15) is 9.82 Å². The second kappa shape index (κ2) is 3.75. The van der Waals surface area contributed by atoms with Gasteiger partial charge in [0, 0.05) is 12.7 Å². The molecule has 1 aromatic carbocycles. The summed E-state index contributed by atoms with van der Waals surface area (Å²) >= 11 is 0. The van der Waals surface area contributed by atoms with Crippen molar-refractivity contribution in [3.63, 3.8) is 0 Å². The number of anilines is 1. The van der Waals surface area contributed by atoms with Gasteiger partial charge in [0.05, 0.1) is 5.60 Å². The highest BCUT2D eigenvalue weighted by Crippen LogP contribution is 2.31. The molecule has 5 nitrogen and oxygen atoms in total. The van der Waals surface area contributed by atoms with Gasteiger partial charge in [-0.3, -0.25) is 4.90 Å². The summed E-state index contributed by atoms with van der Waals surface area (Å²) in [5, 5.41) is 18.7. The minimum atomic E-state index is -1.04. The van der Waals surface area contributed by atoms with Crippen LogP contribution in [0.4, 0.5) is 10.5 Å². The van der Waals surface area contributed by atoms with E-state index in [0.717, 1.165) is 10.5 Å². The third kappa shape index (κ3) is 1.90. The first kappa shape index (κ1) is 11.9. The van der Waals surface area contributed by atoms with Crippen molar-refractivity contribution in [1.82, 2.24) is 0 Å². The molecule has 0 saturated carbocycles. The van der Waals surface area contributed by atoms with Crippen molar-refractivity contribution in [2.24, 2.45) is 0 Å². The molecule has 0 aliphatic carbocycles. The minimum Gasteiger partial charge on any atom is -0.465 e. The molecule has 0 saturated heterocycles. The van der Waals surface area contributed by atoms with Crippen molar-refractivity contribution >= 4 is 24.4 Å². The number of benzene rings is 1. The van der Waals surface area contributed by atoms with Crippen molar-refractivity contribution in [2.75, 3.05) is 11.9 Å². The van der Waals surface area contributed by atoms with Gasteiger partial charge in [-0.25, -0.2) is 4.79 Å². The van der Waals surface area contributed by atoms with Crippen molar-refractivity contribution in [2.45, 2.75) is 19.4 Å². The Kier molecular flexibility index (Phi) is 2.63. The summed E-state index contributed by atoms with van der Waals surface area (Å²) in [6.45, 7) is 3.73. The molecule has 90 valence electrons. The molecule has 1 aliphatic heterocycles. The number of carbonyl (C=O) groups is 1. The standard InChI is InChI=1S/C11H14BNO4/c1-11(2)8-5-4-7(13(3)10(14)15)6-9(8)12(16)17-11/h4-6,16H,1-3H3,(H,14,15). The van der Waals surface area contributed by atoms with Crippen LogP contribution >= 0.6 is 0 Å². The quantitative estimate of drug-likeness (QED) is 0.705. The first-order valence-corrected chi connectivity index (χ1v) is 5.30. The molecule has 2 rings (SSSR count). The summed E-state index contributed by atoms with van der Waals surface area (Å²) in [7, 11) is 0.458. The van der Waals surface area contributed by atoms with Gasteiger partial charge in [-0.2, -0.15) is 0 Å². The molecule has 17 heavy (non-hydrogen) atoms. The molecule has 0 fully saturated rings. The molecule has 6 heteroatoms. The second-order valence-electron chi connectivity index (χ2n) is 4.59. The smallest absolute Gasteiger partial charge is 0.465 e. The molecular formula is C11H14BNO4. The monoisotopic (exact) mass is 235 g/mol. The highest BCUT2D eigenvalue weighted by atomic mass is 16.5. The number of carboxylic acid groups (broad SMARTS) is 1. The second-order valence-corrected chi connectivity index (χ2v) is 4.59. The zero-order chi connectivity index (χ0) is 12.8. The SMILES string of the molecule is CN(C(=O)O)c1ccc2c(c1)B(O)OC2(C)C. The fourth-order valence-corrected chi connectivity index (χ4v) is 2.03. The maximum Gasteiger partial charge on any atom is 0.492 e. The maximum absolute atomic E-state index is 10.8. The molecule has 0 atom stereocenters. The van der Waals surface area contributed by atoms with Crippen LogP contribution in [0.2, 0.25) is 0 Å². The first-order chi connectivity index (χ1) is 7.83. The van der Waals surface area contributed by atoms with Crippen LogP contribution in [0.25, 0.3) is 0 Å². The Balaban J connectivity index is 2.46. The van der Waals surface area contributed by atoms with Gasteiger partial charge in [0.15, 0.2) is 0 Å². The van der Waals surface area contributed by atoms with Gasteiger partial charge in [-0.05, 0) is 37.0 Å². The summed E-state index contributed by atoms with van der Waals surface area (Å²) in [4.78, 5) is 11.9. The van der Waals surface area contributed by atoms with Gasteiger partial charge in [-0.1, -0.05) is 6.07 Å². The molecular weight excluding hydrogens is 221 g/mol. The Hall–Kier alpha value is -1.53. The Morgan fingerprint density at radius 3 is 2.71 bits per heavy atom. The van der Waals surface area contributed by atoms with Crippen LogP contribution in [-0.2, 0) is 10.3 Å². The average molecular weight is 235 g/mol. The van der Waals surface area contributed by atoms with Crippen molar-refractivity contribution < 1.29 is 19.6 Å². The van der Waals surface area contributed by atoms with E-state index >= 15 is 0 Å². The van der Waals surface area contributed by atoms with E-state index in [1.165, 1.54) is 7.05 Å². The lowest BCUT2D eigenvalue weighted by Gasteiger charge is -2.20. The summed E-state index contributed by atoms with van der Waals surface area (Å²) in [5.74, 6) is 0. The Morgan fingerprint density at radius 2 is 2.12 bits per heavy atom. The van der Waals surface area contributed by atoms with E-state index in [1.807, 2.05) is 13.8 Å². The Morgan fingerprint density at radius 1 is 1.47 bits per heavy atom. The molecule has 0 aromatic heterocycles. The molecule has 0 unspecified atom stereocenters. The largest absolute Gasteiger partial charge is 0.492 e. The summed E-state index contributed by atoms with van der Waals surface area (Å²) in [6.07, 6.45) is -1.04. The Bertz CT molecular complexity index is 475. The van der Waals surface area contributed by atoms with Crippen LogP contribution in [0, 0.1) is 0 Å². The molecule has 0 bridgehead atoms. The lowest BCUT2D eigenvalue weighted by atomic mass is 9.78. The third-order valence-corrected chi connectivity index (χ3v) is 3.03. The van der Waals surface area contributed by atoms with Gasteiger partial charge in [0.25, 0.3) is 0 Å². The van der Waals surface area contributed by atoms with Crippen LogP contribution in [0.5, 0.6) is 0 Å². The lowest BCUT2D eigenvalue weighted by molar-refractivity contribution is 0.101. The van der Waals surface area contributed by atoms with E-state index in [4.69, 9.17) is 9.76 Å². The highest BCUT2D eigenvalue weighted by Gasteiger charge is 2.40. The number of nitrogens with zero attached hydrogens (tertiary/aromatic N) is 1. The predicted molar refractivity (Wildman–Crippen MR) is 64.6 cm³/mol. The van der Waals surface area contributed by atoms with Crippen LogP contribution < -0.4 is 10.4 Å². The number of hydrogen-bond acceptors (Lipinski definition) is 3. The average Bonchev–Trinajstić information content (AvgIpc) is 2.48. The highest BCUT2D eigenvalue weighted by molar-refractivity contribution is 6.62. The van der Waals surface area contributed by atoms with Gasteiger partial charge < -0.3 is 14.8 Å².